The number of rotatable bonds is 4. The van der Waals surface area contributed by atoms with Crippen molar-refractivity contribution in [3.8, 4) is 0 Å². The van der Waals surface area contributed by atoms with E-state index in [4.69, 9.17) is 0 Å². The van der Waals surface area contributed by atoms with E-state index < -0.39 is 11.7 Å². The highest BCUT2D eigenvalue weighted by Gasteiger charge is 2.35. The van der Waals surface area contributed by atoms with Gasteiger partial charge in [-0.1, -0.05) is 12.1 Å². The second kappa shape index (κ2) is 5.87. The molecular weight excluding hydrogens is 277 g/mol. The molecule has 5 heteroatoms. The summed E-state index contributed by atoms with van der Waals surface area (Å²) in [5, 5.41) is 3.52. The summed E-state index contributed by atoms with van der Waals surface area (Å²) in [6, 6.07) is 6.61. The van der Waals surface area contributed by atoms with Crippen LogP contribution in [0.2, 0.25) is 0 Å². The number of halogens is 3. The monoisotopic (exact) mass is 298 g/mol. The Labute approximate surface area is 123 Å². The number of hydrogen-bond acceptors (Lipinski definition) is 2. The van der Waals surface area contributed by atoms with E-state index in [2.05, 4.69) is 5.32 Å². The van der Waals surface area contributed by atoms with Crippen molar-refractivity contribution in [2.45, 2.75) is 37.9 Å². The molecule has 1 heterocycles. The van der Waals surface area contributed by atoms with Gasteiger partial charge in [-0.2, -0.15) is 13.2 Å². The van der Waals surface area contributed by atoms with Gasteiger partial charge in [0.25, 0.3) is 0 Å². The molecule has 1 aromatic carbocycles. The van der Waals surface area contributed by atoms with Crippen LogP contribution in [0.15, 0.2) is 24.3 Å². The second-order valence-corrected chi connectivity index (χ2v) is 6.13. The molecule has 2 aliphatic rings. The Bertz CT molecular complexity index is 475. The Kier molecular flexibility index (Phi) is 4.11. The van der Waals surface area contributed by atoms with Crippen molar-refractivity contribution in [1.82, 2.24) is 5.32 Å². The summed E-state index contributed by atoms with van der Waals surface area (Å²) in [4.78, 5) is 1.89. The summed E-state index contributed by atoms with van der Waals surface area (Å²) in [6.07, 6.45) is 0.203. The van der Waals surface area contributed by atoms with Crippen LogP contribution in [0.3, 0.4) is 0 Å². The highest BCUT2D eigenvalue weighted by atomic mass is 19.4. The molecule has 1 saturated carbocycles. The van der Waals surface area contributed by atoms with Gasteiger partial charge in [-0.3, -0.25) is 0 Å². The lowest BCUT2D eigenvalue weighted by atomic mass is 9.95. The third kappa shape index (κ3) is 3.70. The van der Waals surface area contributed by atoms with Crippen molar-refractivity contribution >= 4 is 5.69 Å². The van der Waals surface area contributed by atoms with Crippen LogP contribution in [0.1, 0.15) is 31.2 Å². The molecule has 0 amide bonds. The zero-order valence-corrected chi connectivity index (χ0v) is 12.0. The van der Waals surface area contributed by atoms with Gasteiger partial charge in [0.1, 0.15) is 0 Å². The maximum atomic E-state index is 13.1. The third-order valence-corrected chi connectivity index (χ3v) is 4.44. The molecule has 0 atom stereocenters. The summed E-state index contributed by atoms with van der Waals surface area (Å²) in [5.41, 5.74) is -0.182. The van der Waals surface area contributed by atoms with Gasteiger partial charge < -0.3 is 10.2 Å². The molecule has 116 valence electrons. The van der Waals surface area contributed by atoms with Gasteiger partial charge in [0.15, 0.2) is 0 Å². The van der Waals surface area contributed by atoms with E-state index in [0.29, 0.717) is 30.7 Å². The Morgan fingerprint density at radius 2 is 1.71 bits per heavy atom. The first-order valence-corrected chi connectivity index (χ1v) is 7.68. The van der Waals surface area contributed by atoms with E-state index in [9.17, 15) is 13.2 Å². The van der Waals surface area contributed by atoms with E-state index >= 15 is 0 Å². The van der Waals surface area contributed by atoms with E-state index in [1.165, 1.54) is 25.0 Å². The normalized spacial score (nSPS) is 20.8. The maximum absolute atomic E-state index is 13.1. The first-order valence-electron chi connectivity index (χ1n) is 7.68. The SMILES string of the molecule is FC(F)(F)c1ccccc1N1CCC(CNC2CC2)CC1. The summed E-state index contributed by atoms with van der Waals surface area (Å²) in [6.45, 7) is 2.44. The number of piperidine rings is 1. The van der Waals surface area contributed by atoms with Gasteiger partial charge >= 0.3 is 6.18 Å². The molecular formula is C16H21F3N2. The lowest BCUT2D eigenvalue weighted by Gasteiger charge is -2.35. The number of hydrogen-bond donors (Lipinski definition) is 1. The Morgan fingerprint density at radius 3 is 2.33 bits per heavy atom. The molecule has 2 fully saturated rings. The van der Waals surface area contributed by atoms with Crippen molar-refractivity contribution in [2.24, 2.45) is 5.92 Å². The average Bonchev–Trinajstić information content (AvgIpc) is 3.29. The van der Waals surface area contributed by atoms with Crippen molar-refractivity contribution in [3.05, 3.63) is 29.8 Å². The van der Waals surface area contributed by atoms with Gasteiger partial charge in [0.05, 0.1) is 5.56 Å². The van der Waals surface area contributed by atoms with Gasteiger partial charge in [-0.05, 0) is 50.3 Å². The fraction of sp³-hybridized carbons (Fsp3) is 0.625. The minimum atomic E-state index is -4.28. The molecule has 0 bridgehead atoms. The second-order valence-electron chi connectivity index (χ2n) is 6.13. The molecule has 0 unspecified atom stereocenters. The number of anilines is 1. The molecule has 1 N–H and O–H groups in total. The van der Waals surface area contributed by atoms with E-state index in [0.717, 1.165) is 19.4 Å². The van der Waals surface area contributed by atoms with Crippen LogP contribution >= 0.6 is 0 Å². The van der Waals surface area contributed by atoms with Gasteiger partial charge in [0.2, 0.25) is 0 Å². The Hall–Kier alpha value is -1.23. The lowest BCUT2D eigenvalue weighted by molar-refractivity contribution is -0.137. The lowest BCUT2D eigenvalue weighted by Crippen LogP contribution is -2.38. The fourth-order valence-electron chi connectivity index (χ4n) is 2.99. The third-order valence-electron chi connectivity index (χ3n) is 4.44. The first kappa shape index (κ1) is 14.7. The minimum absolute atomic E-state index is 0.332. The molecule has 0 radical (unpaired) electrons. The van der Waals surface area contributed by atoms with Crippen molar-refractivity contribution in [2.75, 3.05) is 24.5 Å². The Morgan fingerprint density at radius 1 is 1.05 bits per heavy atom. The van der Waals surface area contributed by atoms with E-state index in [1.807, 2.05) is 4.90 Å². The molecule has 1 aliphatic heterocycles. The molecule has 21 heavy (non-hydrogen) atoms. The largest absolute Gasteiger partial charge is 0.418 e. The number of benzene rings is 1. The van der Waals surface area contributed by atoms with Crippen LogP contribution in [-0.2, 0) is 6.18 Å². The van der Waals surface area contributed by atoms with E-state index in [-0.39, 0.29) is 0 Å². The van der Waals surface area contributed by atoms with Crippen LogP contribution in [0.4, 0.5) is 18.9 Å². The number of para-hydroxylation sites is 1. The number of nitrogens with zero attached hydrogens (tertiary/aromatic N) is 1. The maximum Gasteiger partial charge on any atom is 0.418 e. The highest BCUT2D eigenvalue weighted by Crippen LogP contribution is 2.37. The highest BCUT2D eigenvalue weighted by molar-refractivity contribution is 5.55. The van der Waals surface area contributed by atoms with Gasteiger partial charge in [0, 0.05) is 24.8 Å². The van der Waals surface area contributed by atoms with Crippen molar-refractivity contribution < 1.29 is 13.2 Å². The average molecular weight is 298 g/mol. The van der Waals surface area contributed by atoms with Crippen LogP contribution in [0, 0.1) is 5.92 Å². The number of nitrogens with one attached hydrogen (secondary N) is 1. The van der Waals surface area contributed by atoms with Crippen LogP contribution in [-0.4, -0.2) is 25.7 Å². The smallest absolute Gasteiger partial charge is 0.371 e. The summed E-state index contributed by atoms with van der Waals surface area (Å²) in [5.74, 6) is 0.597. The van der Waals surface area contributed by atoms with Crippen LogP contribution < -0.4 is 10.2 Å². The topological polar surface area (TPSA) is 15.3 Å². The summed E-state index contributed by atoms with van der Waals surface area (Å²) >= 11 is 0. The molecule has 3 rings (SSSR count). The predicted molar refractivity (Wildman–Crippen MR) is 77.4 cm³/mol. The molecule has 0 aromatic heterocycles. The summed E-state index contributed by atoms with van der Waals surface area (Å²) < 4.78 is 39.2. The molecule has 1 saturated heterocycles. The van der Waals surface area contributed by atoms with Gasteiger partial charge in [-0.25, -0.2) is 0 Å². The van der Waals surface area contributed by atoms with Crippen LogP contribution in [0.25, 0.3) is 0 Å². The first-order chi connectivity index (χ1) is 10.0. The predicted octanol–water partition coefficient (Wildman–Crippen LogP) is 3.67. The van der Waals surface area contributed by atoms with Crippen molar-refractivity contribution in [3.63, 3.8) is 0 Å². The van der Waals surface area contributed by atoms with Gasteiger partial charge in [-0.15, -0.1) is 0 Å². The fourth-order valence-corrected chi connectivity index (χ4v) is 2.99. The standard InChI is InChI=1S/C16H21F3N2/c17-16(18,19)14-3-1-2-4-15(14)21-9-7-12(8-10-21)11-20-13-5-6-13/h1-4,12-13,20H,5-11H2. The van der Waals surface area contributed by atoms with Crippen molar-refractivity contribution in [1.29, 1.82) is 0 Å². The quantitative estimate of drug-likeness (QED) is 0.912. The zero-order chi connectivity index (χ0) is 14.9. The molecule has 1 aliphatic carbocycles. The Balaban J connectivity index is 1.61. The molecule has 1 aromatic rings. The number of alkyl halides is 3. The molecule has 0 spiro atoms. The minimum Gasteiger partial charge on any atom is -0.371 e. The van der Waals surface area contributed by atoms with E-state index in [1.54, 1.807) is 12.1 Å². The summed E-state index contributed by atoms with van der Waals surface area (Å²) in [7, 11) is 0. The zero-order valence-electron chi connectivity index (χ0n) is 12.0. The molecule has 2 nitrogen and oxygen atoms in total. The van der Waals surface area contributed by atoms with Crippen LogP contribution in [0.5, 0.6) is 0 Å².